The fourth-order valence-corrected chi connectivity index (χ4v) is 4.78. The molecule has 1 aromatic rings. The van der Waals surface area contributed by atoms with Gasteiger partial charge in [0.1, 0.15) is 0 Å². The lowest BCUT2D eigenvalue weighted by atomic mass is 9.80. The van der Waals surface area contributed by atoms with Crippen LogP contribution in [0.1, 0.15) is 43.0 Å². The van der Waals surface area contributed by atoms with Gasteiger partial charge in [-0.25, -0.2) is 0 Å². The van der Waals surface area contributed by atoms with Crippen LogP contribution in [0.25, 0.3) is 0 Å². The van der Waals surface area contributed by atoms with Gasteiger partial charge in [0.25, 0.3) is 0 Å². The molecule has 3 atom stereocenters. The van der Waals surface area contributed by atoms with Gasteiger partial charge in [-0.05, 0) is 49.6 Å². The highest BCUT2D eigenvalue weighted by Crippen LogP contribution is 2.39. The molecule has 2 aliphatic rings. The van der Waals surface area contributed by atoms with E-state index >= 15 is 0 Å². The maximum absolute atomic E-state index is 12.9. The number of halogens is 3. The third kappa shape index (κ3) is 4.56. The monoisotopic (exact) mass is 374 g/mol. The highest BCUT2D eigenvalue weighted by Gasteiger charge is 2.43. The molecule has 0 aromatic carbocycles. The Bertz CT molecular complexity index is 601. The topological polar surface area (TPSA) is 32.3 Å². The van der Waals surface area contributed by atoms with E-state index in [-0.39, 0.29) is 24.8 Å². The number of hydrogen-bond donors (Lipinski definition) is 1. The lowest BCUT2D eigenvalue weighted by Gasteiger charge is -2.33. The van der Waals surface area contributed by atoms with Gasteiger partial charge in [-0.3, -0.25) is 9.69 Å². The molecule has 3 nitrogen and oxygen atoms in total. The zero-order chi connectivity index (χ0) is 18.0. The van der Waals surface area contributed by atoms with Crippen molar-refractivity contribution in [1.82, 2.24) is 10.2 Å². The van der Waals surface area contributed by atoms with Crippen molar-refractivity contribution in [2.75, 3.05) is 13.1 Å². The molecule has 7 heteroatoms. The number of carbonyl (C=O) groups is 1. The molecule has 25 heavy (non-hydrogen) atoms. The second-order valence-electron chi connectivity index (χ2n) is 7.29. The smallest absolute Gasteiger partial charge is 0.354 e. The summed E-state index contributed by atoms with van der Waals surface area (Å²) in [7, 11) is 0. The Kier molecular flexibility index (Phi) is 5.73. The fourth-order valence-electron chi connectivity index (χ4n) is 3.89. The number of hydrogen-bond acceptors (Lipinski definition) is 3. The van der Waals surface area contributed by atoms with E-state index in [2.05, 4.69) is 28.6 Å². The Morgan fingerprint density at radius 3 is 3.00 bits per heavy atom. The van der Waals surface area contributed by atoms with Gasteiger partial charge in [-0.15, -0.1) is 11.3 Å². The van der Waals surface area contributed by atoms with Crippen molar-refractivity contribution >= 4 is 17.2 Å². The molecule has 0 spiro atoms. The van der Waals surface area contributed by atoms with Gasteiger partial charge in [-0.2, -0.15) is 13.2 Å². The maximum Gasteiger partial charge on any atom is 0.391 e. The lowest BCUT2D eigenvalue weighted by Crippen LogP contribution is -2.46. The molecule has 3 unspecified atom stereocenters. The molecule has 1 aliphatic carbocycles. The zero-order valence-corrected chi connectivity index (χ0v) is 15.3. The molecule has 1 saturated carbocycles. The molecule has 0 saturated heterocycles. The quantitative estimate of drug-likeness (QED) is 0.865. The number of thiophene rings is 1. The van der Waals surface area contributed by atoms with Crippen LogP contribution in [0, 0.1) is 11.8 Å². The third-order valence-corrected chi connectivity index (χ3v) is 6.56. The fraction of sp³-hybridized carbons (Fsp3) is 0.722. The standard InChI is InChI=1S/C18H25F3N2OS/c1-12(23-7-5-16-14(11-23)6-8-25-16)10-22-17(24)13-3-2-4-15(9-13)18(19,20)21/h6,8,12-13,15H,2-5,7,9-11H2,1H3,(H,22,24). The van der Waals surface area contributed by atoms with Crippen molar-refractivity contribution in [3.8, 4) is 0 Å². The molecule has 0 radical (unpaired) electrons. The molecule has 3 rings (SSSR count). The van der Waals surface area contributed by atoms with Gasteiger partial charge in [-0.1, -0.05) is 6.42 Å². The number of carbonyl (C=O) groups excluding carboxylic acids is 1. The Morgan fingerprint density at radius 1 is 1.44 bits per heavy atom. The van der Waals surface area contributed by atoms with Crippen LogP contribution in [0.5, 0.6) is 0 Å². The highest BCUT2D eigenvalue weighted by atomic mass is 32.1. The average Bonchev–Trinajstić information content (AvgIpc) is 3.06. The van der Waals surface area contributed by atoms with E-state index in [1.165, 1.54) is 10.4 Å². The molecule has 1 amide bonds. The first-order valence-electron chi connectivity index (χ1n) is 8.98. The van der Waals surface area contributed by atoms with E-state index in [0.717, 1.165) is 19.5 Å². The number of nitrogens with one attached hydrogen (secondary N) is 1. The summed E-state index contributed by atoms with van der Waals surface area (Å²) in [4.78, 5) is 16.1. The zero-order valence-electron chi connectivity index (χ0n) is 14.4. The van der Waals surface area contributed by atoms with Crippen LogP contribution in [-0.4, -0.2) is 36.1 Å². The highest BCUT2D eigenvalue weighted by molar-refractivity contribution is 7.10. The van der Waals surface area contributed by atoms with E-state index in [9.17, 15) is 18.0 Å². The molecular weight excluding hydrogens is 349 g/mol. The summed E-state index contributed by atoms with van der Waals surface area (Å²) >= 11 is 1.79. The second-order valence-corrected chi connectivity index (χ2v) is 8.29. The van der Waals surface area contributed by atoms with Crippen molar-refractivity contribution in [2.24, 2.45) is 11.8 Å². The van der Waals surface area contributed by atoms with Gasteiger partial charge in [0.05, 0.1) is 5.92 Å². The molecular formula is C18H25F3N2OS. The van der Waals surface area contributed by atoms with E-state index in [0.29, 0.717) is 19.4 Å². The Morgan fingerprint density at radius 2 is 2.24 bits per heavy atom. The van der Waals surface area contributed by atoms with Crippen LogP contribution in [0.2, 0.25) is 0 Å². The maximum atomic E-state index is 12.9. The minimum atomic E-state index is -4.18. The van der Waals surface area contributed by atoms with Crippen LogP contribution in [0.15, 0.2) is 11.4 Å². The second kappa shape index (κ2) is 7.66. The van der Waals surface area contributed by atoms with Crippen molar-refractivity contribution in [1.29, 1.82) is 0 Å². The molecule has 140 valence electrons. The van der Waals surface area contributed by atoms with Crippen molar-refractivity contribution in [2.45, 2.75) is 57.8 Å². The summed E-state index contributed by atoms with van der Waals surface area (Å²) in [6, 6.07) is 2.33. The van der Waals surface area contributed by atoms with Crippen molar-refractivity contribution in [3.05, 3.63) is 21.9 Å². The summed E-state index contributed by atoms with van der Waals surface area (Å²) < 4.78 is 38.7. The van der Waals surface area contributed by atoms with Crippen LogP contribution in [-0.2, 0) is 17.8 Å². The van der Waals surface area contributed by atoms with Crippen LogP contribution in [0.4, 0.5) is 13.2 Å². The predicted octanol–water partition coefficient (Wildman–Crippen LogP) is 3.98. The number of amides is 1. The Labute approximate surface area is 150 Å². The van der Waals surface area contributed by atoms with Crippen molar-refractivity contribution in [3.63, 3.8) is 0 Å². The van der Waals surface area contributed by atoms with Crippen LogP contribution in [0.3, 0.4) is 0 Å². The predicted molar refractivity (Wildman–Crippen MR) is 92.4 cm³/mol. The SMILES string of the molecule is CC(CNC(=O)C1CCCC(C(F)(F)F)C1)N1CCc2sccc2C1. The molecule has 1 fully saturated rings. The minimum absolute atomic E-state index is 0.0638. The van der Waals surface area contributed by atoms with E-state index in [1.54, 1.807) is 11.3 Å². The normalized spacial score (nSPS) is 26.1. The number of rotatable bonds is 4. The first kappa shape index (κ1) is 18.7. The van der Waals surface area contributed by atoms with E-state index < -0.39 is 18.0 Å². The molecule has 1 N–H and O–H groups in total. The summed E-state index contributed by atoms with van der Waals surface area (Å²) in [5.41, 5.74) is 1.36. The first-order valence-corrected chi connectivity index (χ1v) is 9.86. The Hall–Kier alpha value is -1.08. The van der Waals surface area contributed by atoms with Gasteiger partial charge in [0, 0.05) is 36.5 Å². The Balaban J connectivity index is 1.47. The summed E-state index contributed by atoms with van der Waals surface area (Å²) in [5.74, 6) is -2.04. The lowest BCUT2D eigenvalue weighted by molar-refractivity contribution is -0.186. The summed E-state index contributed by atoms with van der Waals surface area (Å²) in [5, 5.41) is 5.01. The van der Waals surface area contributed by atoms with E-state index in [4.69, 9.17) is 0 Å². The van der Waals surface area contributed by atoms with E-state index in [1.807, 2.05) is 0 Å². The largest absolute Gasteiger partial charge is 0.391 e. The summed E-state index contributed by atoms with van der Waals surface area (Å²) in [6.07, 6.45) is -2.02. The van der Waals surface area contributed by atoms with Gasteiger partial charge >= 0.3 is 6.18 Å². The van der Waals surface area contributed by atoms with Gasteiger partial charge in [0.15, 0.2) is 0 Å². The average molecular weight is 374 g/mol. The van der Waals surface area contributed by atoms with Crippen molar-refractivity contribution < 1.29 is 18.0 Å². The minimum Gasteiger partial charge on any atom is -0.354 e. The van der Waals surface area contributed by atoms with Gasteiger partial charge < -0.3 is 5.32 Å². The molecule has 1 aliphatic heterocycles. The number of nitrogens with zero attached hydrogens (tertiary/aromatic N) is 1. The molecule has 0 bridgehead atoms. The van der Waals surface area contributed by atoms with Crippen LogP contribution >= 0.6 is 11.3 Å². The molecule has 1 aromatic heterocycles. The first-order chi connectivity index (χ1) is 11.8. The molecule has 2 heterocycles. The third-order valence-electron chi connectivity index (χ3n) is 5.54. The summed E-state index contributed by atoms with van der Waals surface area (Å²) in [6.45, 7) is 4.40. The number of alkyl halides is 3. The number of fused-ring (bicyclic) bond motifs is 1. The van der Waals surface area contributed by atoms with Crippen LogP contribution < -0.4 is 5.32 Å². The van der Waals surface area contributed by atoms with Gasteiger partial charge in [0.2, 0.25) is 5.91 Å².